The Labute approximate surface area is 153 Å². The van der Waals surface area contributed by atoms with Gasteiger partial charge >= 0.3 is 6.18 Å². The molecule has 2 aromatic carbocycles. The third-order valence-corrected chi connectivity index (χ3v) is 4.00. The van der Waals surface area contributed by atoms with E-state index < -0.39 is 17.6 Å². The van der Waals surface area contributed by atoms with Gasteiger partial charge in [0.15, 0.2) is 0 Å². The number of nitrogen functional groups attached to an aromatic ring is 1. The number of hydrogen-bond donors (Lipinski definition) is 1. The zero-order chi connectivity index (χ0) is 19.4. The normalized spacial score (nSPS) is 12.4. The van der Waals surface area contributed by atoms with Crippen molar-refractivity contribution >= 4 is 5.69 Å². The SMILES string of the molecule is Nc1cn(Cc2ccc(F)c(C(F)(F)F)c2)ccc1=NCc1ccccc1. The van der Waals surface area contributed by atoms with Crippen LogP contribution in [0.15, 0.2) is 72.0 Å². The van der Waals surface area contributed by atoms with Crippen LogP contribution >= 0.6 is 0 Å². The molecule has 27 heavy (non-hydrogen) atoms. The van der Waals surface area contributed by atoms with Gasteiger partial charge < -0.3 is 10.3 Å². The summed E-state index contributed by atoms with van der Waals surface area (Å²) in [4.78, 5) is 4.45. The van der Waals surface area contributed by atoms with E-state index in [0.29, 0.717) is 23.2 Å². The van der Waals surface area contributed by atoms with Crippen LogP contribution in [0.4, 0.5) is 23.2 Å². The molecule has 3 rings (SSSR count). The van der Waals surface area contributed by atoms with Gasteiger partial charge in [-0.15, -0.1) is 0 Å². The van der Waals surface area contributed by atoms with Gasteiger partial charge in [0.1, 0.15) is 5.82 Å². The minimum atomic E-state index is -4.73. The number of halogens is 4. The van der Waals surface area contributed by atoms with Gasteiger partial charge in [-0.1, -0.05) is 36.4 Å². The highest BCUT2D eigenvalue weighted by Crippen LogP contribution is 2.32. The van der Waals surface area contributed by atoms with Crippen LogP contribution in [-0.4, -0.2) is 4.57 Å². The van der Waals surface area contributed by atoms with Crippen molar-refractivity contribution in [2.75, 3.05) is 5.73 Å². The molecule has 0 saturated heterocycles. The monoisotopic (exact) mass is 375 g/mol. The molecule has 0 bridgehead atoms. The Morgan fingerprint density at radius 1 is 0.963 bits per heavy atom. The third kappa shape index (κ3) is 4.75. The molecule has 3 nitrogen and oxygen atoms in total. The largest absolute Gasteiger partial charge is 0.419 e. The van der Waals surface area contributed by atoms with Crippen molar-refractivity contribution in [3.05, 3.63) is 94.9 Å². The van der Waals surface area contributed by atoms with Crippen molar-refractivity contribution in [1.29, 1.82) is 0 Å². The number of anilines is 1. The minimum Gasteiger partial charge on any atom is -0.396 e. The topological polar surface area (TPSA) is 43.3 Å². The molecule has 1 heterocycles. The van der Waals surface area contributed by atoms with Gasteiger partial charge in [-0.05, 0) is 29.3 Å². The van der Waals surface area contributed by atoms with Gasteiger partial charge in [-0.2, -0.15) is 13.2 Å². The lowest BCUT2D eigenvalue weighted by molar-refractivity contribution is -0.140. The second-order valence-electron chi connectivity index (χ2n) is 6.07. The van der Waals surface area contributed by atoms with E-state index in [4.69, 9.17) is 5.73 Å². The molecule has 0 radical (unpaired) electrons. The molecule has 2 N–H and O–H groups in total. The maximum Gasteiger partial charge on any atom is 0.419 e. The summed E-state index contributed by atoms with van der Waals surface area (Å²) in [5.74, 6) is -1.29. The van der Waals surface area contributed by atoms with E-state index in [1.807, 2.05) is 30.3 Å². The van der Waals surface area contributed by atoms with Crippen molar-refractivity contribution in [1.82, 2.24) is 4.57 Å². The lowest BCUT2D eigenvalue weighted by Crippen LogP contribution is -2.14. The summed E-state index contributed by atoms with van der Waals surface area (Å²) in [5, 5.41) is 0.602. The summed E-state index contributed by atoms with van der Waals surface area (Å²) in [6.07, 6.45) is -1.46. The van der Waals surface area contributed by atoms with Crippen molar-refractivity contribution in [3.8, 4) is 0 Å². The zero-order valence-corrected chi connectivity index (χ0v) is 14.2. The number of nitrogens with two attached hydrogens (primary N) is 1. The van der Waals surface area contributed by atoms with Crippen LogP contribution in [0.5, 0.6) is 0 Å². The van der Waals surface area contributed by atoms with E-state index in [0.717, 1.165) is 17.7 Å². The molecule has 0 saturated carbocycles. The first-order valence-electron chi connectivity index (χ1n) is 8.18. The summed E-state index contributed by atoms with van der Waals surface area (Å²) >= 11 is 0. The predicted octanol–water partition coefficient (Wildman–Crippen LogP) is 4.38. The van der Waals surface area contributed by atoms with Gasteiger partial charge in [0.2, 0.25) is 0 Å². The highest BCUT2D eigenvalue weighted by Gasteiger charge is 2.34. The minimum absolute atomic E-state index is 0.131. The number of aromatic nitrogens is 1. The fourth-order valence-corrected chi connectivity index (χ4v) is 2.65. The molecule has 7 heteroatoms. The second-order valence-corrected chi connectivity index (χ2v) is 6.07. The van der Waals surface area contributed by atoms with E-state index in [1.54, 1.807) is 23.0 Å². The number of benzene rings is 2. The standard InChI is InChI=1S/C20H17F4N3/c21-17-7-6-15(10-16(17)20(22,23)24)12-27-9-8-19(18(25)13-27)26-11-14-4-2-1-3-5-14/h1-10,13H,11-12,25H2. The number of nitrogens with zero attached hydrogens (tertiary/aromatic N) is 2. The van der Waals surface area contributed by atoms with Crippen molar-refractivity contribution in [2.24, 2.45) is 4.99 Å². The molecular formula is C20H17F4N3. The quantitative estimate of drug-likeness (QED) is 0.676. The van der Waals surface area contributed by atoms with Crippen LogP contribution in [0.1, 0.15) is 16.7 Å². The smallest absolute Gasteiger partial charge is 0.396 e. The molecule has 0 atom stereocenters. The summed E-state index contributed by atoms with van der Waals surface area (Å²) in [5.41, 5.74) is 6.50. The molecule has 0 aliphatic rings. The lowest BCUT2D eigenvalue weighted by Gasteiger charge is -2.12. The van der Waals surface area contributed by atoms with E-state index in [2.05, 4.69) is 4.99 Å². The number of rotatable bonds is 4. The molecule has 0 unspecified atom stereocenters. The molecule has 0 spiro atoms. The van der Waals surface area contributed by atoms with Crippen molar-refractivity contribution < 1.29 is 17.6 Å². The van der Waals surface area contributed by atoms with Crippen LogP contribution < -0.4 is 11.1 Å². The highest BCUT2D eigenvalue weighted by atomic mass is 19.4. The van der Waals surface area contributed by atoms with Crippen LogP contribution in [0.3, 0.4) is 0 Å². The first kappa shape index (κ1) is 18.7. The summed E-state index contributed by atoms with van der Waals surface area (Å²) in [7, 11) is 0. The van der Waals surface area contributed by atoms with E-state index in [1.165, 1.54) is 6.07 Å². The highest BCUT2D eigenvalue weighted by molar-refractivity contribution is 5.34. The summed E-state index contributed by atoms with van der Waals surface area (Å²) in [6.45, 7) is 0.606. The molecule has 0 aliphatic carbocycles. The summed E-state index contributed by atoms with van der Waals surface area (Å²) in [6, 6.07) is 14.3. The van der Waals surface area contributed by atoms with Crippen LogP contribution in [0.2, 0.25) is 0 Å². The third-order valence-electron chi connectivity index (χ3n) is 4.00. The zero-order valence-electron chi connectivity index (χ0n) is 14.2. The van der Waals surface area contributed by atoms with Gasteiger partial charge in [0.05, 0.1) is 23.2 Å². The lowest BCUT2D eigenvalue weighted by atomic mass is 10.1. The predicted molar refractivity (Wildman–Crippen MR) is 95.1 cm³/mol. The number of hydrogen-bond acceptors (Lipinski definition) is 2. The molecule has 3 aromatic rings. The van der Waals surface area contributed by atoms with E-state index >= 15 is 0 Å². The molecule has 140 valence electrons. The Morgan fingerprint density at radius 2 is 1.70 bits per heavy atom. The van der Waals surface area contributed by atoms with Crippen molar-refractivity contribution in [3.63, 3.8) is 0 Å². The Bertz CT molecular complexity index is 992. The second kappa shape index (κ2) is 7.65. The van der Waals surface area contributed by atoms with Gasteiger partial charge in [0, 0.05) is 18.9 Å². The molecule has 0 fully saturated rings. The summed E-state index contributed by atoms with van der Waals surface area (Å²) < 4.78 is 53.5. The Balaban J connectivity index is 1.80. The Hall–Kier alpha value is -3.09. The Morgan fingerprint density at radius 3 is 2.37 bits per heavy atom. The van der Waals surface area contributed by atoms with Gasteiger partial charge in [-0.25, -0.2) is 4.39 Å². The first-order valence-corrected chi connectivity index (χ1v) is 8.18. The molecular weight excluding hydrogens is 358 g/mol. The molecule has 0 aliphatic heterocycles. The fourth-order valence-electron chi connectivity index (χ4n) is 2.65. The molecule has 0 amide bonds. The Kier molecular flexibility index (Phi) is 5.30. The number of pyridine rings is 1. The average molecular weight is 375 g/mol. The average Bonchev–Trinajstić information content (AvgIpc) is 2.62. The van der Waals surface area contributed by atoms with Crippen LogP contribution in [0.25, 0.3) is 0 Å². The van der Waals surface area contributed by atoms with E-state index in [9.17, 15) is 17.6 Å². The van der Waals surface area contributed by atoms with Crippen LogP contribution in [-0.2, 0) is 19.3 Å². The van der Waals surface area contributed by atoms with Gasteiger partial charge in [-0.3, -0.25) is 4.99 Å². The maximum absolute atomic E-state index is 13.4. The van der Waals surface area contributed by atoms with Crippen molar-refractivity contribution in [2.45, 2.75) is 19.3 Å². The van der Waals surface area contributed by atoms with Crippen LogP contribution in [0, 0.1) is 5.82 Å². The maximum atomic E-state index is 13.4. The fraction of sp³-hybridized carbons (Fsp3) is 0.150. The van der Waals surface area contributed by atoms with E-state index in [-0.39, 0.29) is 6.54 Å². The van der Waals surface area contributed by atoms with Gasteiger partial charge in [0.25, 0.3) is 0 Å². The first-order chi connectivity index (χ1) is 12.8. The molecule has 1 aromatic heterocycles. The number of alkyl halides is 3.